The monoisotopic (exact) mass is 894 g/mol. The van der Waals surface area contributed by atoms with Crippen molar-refractivity contribution in [2.75, 3.05) is 0 Å². The zero-order valence-electron chi connectivity index (χ0n) is 38.0. The summed E-state index contributed by atoms with van der Waals surface area (Å²) in [7, 11) is -3.22. The second kappa shape index (κ2) is 16.8. The van der Waals surface area contributed by atoms with Crippen LogP contribution in [-0.2, 0) is 0 Å². The molecule has 0 radical (unpaired) electrons. The number of rotatable bonds is 9. The van der Waals surface area contributed by atoms with Gasteiger partial charge < -0.3 is 9.13 Å². The number of hydrogen-bond acceptors (Lipinski definition) is 0. The Bertz CT molecular complexity index is 3860. The van der Waals surface area contributed by atoms with Gasteiger partial charge in [-0.1, -0.05) is 243 Å². The number of fused-ring (bicyclic) bond motifs is 6. The highest BCUT2D eigenvalue weighted by molar-refractivity contribution is 7.21. The Balaban J connectivity index is 1.24. The summed E-state index contributed by atoms with van der Waals surface area (Å²) in [4.78, 5) is 0. The molecule has 0 unspecified atom stereocenters. The summed E-state index contributed by atoms with van der Waals surface area (Å²) in [5.74, 6) is 0. The van der Waals surface area contributed by atoms with E-state index in [0.717, 1.165) is 11.4 Å². The Morgan fingerprint density at radius 2 is 0.710 bits per heavy atom. The molecule has 11 aromatic carbocycles. The van der Waals surface area contributed by atoms with Crippen LogP contribution in [0.15, 0.2) is 279 Å². The van der Waals surface area contributed by atoms with Crippen molar-refractivity contribution in [3.63, 3.8) is 0 Å². The van der Waals surface area contributed by atoms with Crippen LogP contribution in [0, 0.1) is 0 Å². The molecule has 0 saturated carbocycles. The fourth-order valence-corrected chi connectivity index (χ4v) is 16.6. The SMILES string of the molecule is c1ccc(-c2ccc(-n3c4ccccc4c4cccc(-n5c6cccc(-c7ccccc7)c6c6c([Si](c7ccccc7)(c7ccccc7)c7ccccc7)c(-c7ccccc7)ccc65)c43)cc2)cc1. The van der Waals surface area contributed by atoms with Crippen LogP contribution >= 0.6 is 0 Å². The minimum Gasteiger partial charge on any atom is -0.307 e. The van der Waals surface area contributed by atoms with Gasteiger partial charge in [-0.3, -0.25) is 0 Å². The summed E-state index contributed by atoms with van der Waals surface area (Å²) in [6, 6.07) is 104. The molecule has 0 fully saturated rings. The first-order valence-corrected chi connectivity index (χ1v) is 25.9. The van der Waals surface area contributed by atoms with Gasteiger partial charge in [0.05, 0.1) is 27.8 Å². The largest absolute Gasteiger partial charge is 0.307 e. The normalized spacial score (nSPS) is 11.8. The molecule has 2 aromatic heterocycles. The van der Waals surface area contributed by atoms with Crippen molar-refractivity contribution in [3.8, 4) is 44.8 Å². The molecule has 0 N–H and O–H groups in total. The maximum atomic E-state index is 2.59. The molecule has 2 heterocycles. The number of benzene rings is 11. The molecule has 324 valence electrons. The van der Waals surface area contributed by atoms with Crippen LogP contribution in [0.3, 0.4) is 0 Å². The quantitative estimate of drug-likeness (QED) is 0.101. The van der Waals surface area contributed by atoms with Gasteiger partial charge in [0.15, 0.2) is 8.07 Å². The van der Waals surface area contributed by atoms with E-state index in [0.29, 0.717) is 0 Å². The predicted molar refractivity (Wildman–Crippen MR) is 295 cm³/mol. The molecule has 0 spiro atoms. The van der Waals surface area contributed by atoms with Crippen molar-refractivity contribution >= 4 is 72.4 Å². The summed E-state index contributed by atoms with van der Waals surface area (Å²) in [5, 5.41) is 10.4. The van der Waals surface area contributed by atoms with Crippen molar-refractivity contribution in [1.82, 2.24) is 9.13 Å². The van der Waals surface area contributed by atoms with Crippen LogP contribution in [0.4, 0.5) is 0 Å². The van der Waals surface area contributed by atoms with Crippen LogP contribution in [0.25, 0.3) is 88.4 Å². The summed E-state index contributed by atoms with van der Waals surface area (Å²) >= 11 is 0. The Morgan fingerprint density at radius 1 is 0.261 bits per heavy atom. The first kappa shape index (κ1) is 40.5. The molecule has 2 nitrogen and oxygen atoms in total. The molecule has 13 rings (SSSR count). The highest BCUT2D eigenvalue weighted by Gasteiger charge is 2.45. The number of aromatic nitrogens is 2. The lowest BCUT2D eigenvalue weighted by molar-refractivity contribution is 1.13. The first-order valence-electron chi connectivity index (χ1n) is 23.9. The molecular formula is C66H46N2Si. The smallest absolute Gasteiger partial charge is 0.180 e. The Kier molecular flexibility index (Phi) is 9.88. The minimum absolute atomic E-state index is 1.12. The maximum Gasteiger partial charge on any atom is 0.180 e. The highest BCUT2D eigenvalue weighted by atomic mass is 28.3. The van der Waals surface area contributed by atoms with Crippen molar-refractivity contribution in [2.24, 2.45) is 0 Å². The molecule has 13 aromatic rings. The van der Waals surface area contributed by atoms with Crippen molar-refractivity contribution < 1.29 is 0 Å². The third kappa shape index (κ3) is 6.47. The molecule has 0 aliphatic heterocycles. The average Bonchev–Trinajstić information content (AvgIpc) is 3.96. The van der Waals surface area contributed by atoms with E-state index < -0.39 is 8.07 Å². The van der Waals surface area contributed by atoms with Gasteiger partial charge in [-0.2, -0.15) is 0 Å². The number of hydrogen-bond donors (Lipinski definition) is 0. The second-order valence-electron chi connectivity index (χ2n) is 17.9. The number of para-hydroxylation sites is 2. The fraction of sp³-hybridized carbons (Fsp3) is 0. The van der Waals surface area contributed by atoms with Gasteiger partial charge in [-0.05, 0) is 90.5 Å². The van der Waals surface area contributed by atoms with Crippen LogP contribution in [0.1, 0.15) is 0 Å². The lowest BCUT2D eigenvalue weighted by Crippen LogP contribution is -2.75. The molecular weight excluding hydrogens is 849 g/mol. The molecule has 0 aliphatic rings. The maximum absolute atomic E-state index is 3.22. The molecule has 69 heavy (non-hydrogen) atoms. The van der Waals surface area contributed by atoms with E-state index in [-0.39, 0.29) is 0 Å². The third-order valence-corrected chi connectivity index (χ3v) is 19.1. The van der Waals surface area contributed by atoms with Crippen LogP contribution in [0.2, 0.25) is 0 Å². The van der Waals surface area contributed by atoms with Crippen LogP contribution < -0.4 is 20.7 Å². The van der Waals surface area contributed by atoms with E-state index in [9.17, 15) is 0 Å². The summed E-state index contributed by atoms with van der Waals surface area (Å²) < 4.78 is 5.08. The second-order valence-corrected chi connectivity index (χ2v) is 21.7. The summed E-state index contributed by atoms with van der Waals surface area (Å²) in [6.07, 6.45) is 0. The van der Waals surface area contributed by atoms with E-state index >= 15 is 0 Å². The summed E-state index contributed by atoms with van der Waals surface area (Å²) in [5.41, 5.74) is 14.2. The van der Waals surface area contributed by atoms with E-state index in [1.807, 2.05) is 0 Å². The minimum atomic E-state index is -3.22. The van der Waals surface area contributed by atoms with Gasteiger partial charge in [0.1, 0.15) is 0 Å². The van der Waals surface area contributed by atoms with Gasteiger partial charge >= 0.3 is 0 Å². The van der Waals surface area contributed by atoms with Crippen molar-refractivity contribution in [1.29, 1.82) is 0 Å². The Labute approximate surface area is 403 Å². The average molecular weight is 895 g/mol. The lowest BCUT2D eigenvalue weighted by Gasteiger charge is -2.37. The molecule has 0 amide bonds. The standard InChI is InChI=1S/C66H46N2Si/c1-7-23-47(24-8-1)48-41-43-51(44-42-48)67-59-38-20-19-35-57(59)58-37-22-40-62(65(58)67)68-60-39-21-36-55(49-25-9-2-10-26-49)63(60)64-61(68)46-45-56(50-27-11-3-12-28-50)66(64)69(52-29-13-4-14-30-52,53-31-15-5-16-32-53)54-33-17-6-18-34-54/h1-46H. The topological polar surface area (TPSA) is 9.86 Å². The van der Waals surface area contributed by atoms with Gasteiger partial charge in [-0.25, -0.2) is 0 Å². The van der Waals surface area contributed by atoms with Crippen LogP contribution in [-0.4, -0.2) is 17.2 Å². The van der Waals surface area contributed by atoms with E-state index in [2.05, 4.69) is 288 Å². The zero-order chi connectivity index (χ0) is 45.7. The molecule has 3 heteroatoms. The van der Waals surface area contributed by atoms with Gasteiger partial charge in [0.25, 0.3) is 0 Å². The van der Waals surface area contributed by atoms with Crippen molar-refractivity contribution in [2.45, 2.75) is 0 Å². The van der Waals surface area contributed by atoms with E-state index in [4.69, 9.17) is 0 Å². The Morgan fingerprint density at radius 3 is 1.30 bits per heavy atom. The van der Waals surface area contributed by atoms with Gasteiger partial charge in [0.2, 0.25) is 0 Å². The Hall–Kier alpha value is -8.76. The van der Waals surface area contributed by atoms with E-state index in [1.54, 1.807) is 0 Å². The highest BCUT2D eigenvalue weighted by Crippen LogP contribution is 2.44. The lowest BCUT2D eigenvalue weighted by atomic mass is 9.97. The van der Waals surface area contributed by atoms with Crippen LogP contribution in [0.5, 0.6) is 0 Å². The van der Waals surface area contributed by atoms with E-state index in [1.165, 1.54) is 97.7 Å². The predicted octanol–water partition coefficient (Wildman–Crippen LogP) is 14.3. The van der Waals surface area contributed by atoms with Gasteiger partial charge in [0, 0.05) is 27.2 Å². The molecule has 0 bridgehead atoms. The molecule has 0 aliphatic carbocycles. The van der Waals surface area contributed by atoms with Crippen molar-refractivity contribution in [3.05, 3.63) is 279 Å². The first-order chi connectivity index (χ1) is 34.3. The van der Waals surface area contributed by atoms with Gasteiger partial charge in [-0.15, -0.1) is 0 Å². The molecule has 0 saturated heterocycles. The number of nitrogens with zero attached hydrogens (tertiary/aromatic N) is 2. The molecule has 0 atom stereocenters. The zero-order valence-corrected chi connectivity index (χ0v) is 39.0. The fourth-order valence-electron chi connectivity index (χ4n) is 11.4. The summed E-state index contributed by atoms with van der Waals surface area (Å²) in [6.45, 7) is 0. The third-order valence-electron chi connectivity index (χ3n) is 14.3.